The lowest BCUT2D eigenvalue weighted by Gasteiger charge is -2.27. The van der Waals surface area contributed by atoms with Gasteiger partial charge >= 0.3 is 0 Å². The summed E-state index contributed by atoms with van der Waals surface area (Å²) in [4.78, 5) is 0. The zero-order chi connectivity index (χ0) is 45.6. The second-order valence-corrected chi connectivity index (χ2v) is 24.2. The Kier molecular flexibility index (Phi) is 11.3. The Morgan fingerprint density at radius 3 is 1.05 bits per heavy atom. The first-order valence-electron chi connectivity index (χ1n) is 23.3. The molecule has 0 spiro atoms. The molecule has 0 aliphatic heterocycles. The Morgan fingerprint density at radius 1 is 0.429 bits per heavy atom. The lowest BCUT2D eigenvalue weighted by Crippen LogP contribution is -2.16. The van der Waals surface area contributed by atoms with E-state index >= 15 is 0 Å². The summed E-state index contributed by atoms with van der Waals surface area (Å²) in [7, 11) is 0.717. The van der Waals surface area contributed by atoms with Crippen molar-refractivity contribution in [2.45, 2.75) is 156 Å². The fraction of sp³-hybridized carbons (Fsp3) is 0.400. The van der Waals surface area contributed by atoms with Gasteiger partial charge in [0.05, 0.1) is 0 Å². The summed E-state index contributed by atoms with van der Waals surface area (Å²) in [5.74, 6) is 4.36. The van der Waals surface area contributed by atoms with E-state index in [1.54, 1.807) is 0 Å². The number of hydrogen-bond acceptors (Lipinski definition) is 2. The van der Waals surface area contributed by atoms with Crippen LogP contribution in [0.15, 0.2) is 93.8 Å². The van der Waals surface area contributed by atoms with E-state index in [2.05, 4.69) is 208 Å². The van der Waals surface area contributed by atoms with Crippen molar-refractivity contribution >= 4 is 32.8 Å². The second kappa shape index (κ2) is 16.0. The number of hydrogen-bond donors (Lipinski definition) is 0. The zero-order valence-corrected chi connectivity index (χ0v) is 42.1. The fourth-order valence-corrected chi connectivity index (χ4v) is 11.4. The van der Waals surface area contributed by atoms with Gasteiger partial charge in [0.2, 0.25) is 0 Å². The Balaban J connectivity index is 1.20. The first-order chi connectivity index (χ1) is 29.4. The van der Waals surface area contributed by atoms with Gasteiger partial charge in [0.15, 0.2) is 0 Å². The largest absolute Gasteiger partial charge is 0.462 e. The Hall–Kier alpha value is -4.86. The maximum atomic E-state index is 6.47. The minimum absolute atomic E-state index is 0.0318. The molecule has 0 saturated heterocycles. The minimum atomic E-state index is 0.0318. The first-order valence-corrected chi connectivity index (χ1v) is 24.7. The molecule has 2 atom stereocenters. The molecule has 0 fully saturated rings. The maximum absolute atomic E-state index is 6.47. The van der Waals surface area contributed by atoms with Gasteiger partial charge in [-0.15, -0.1) is 0 Å². The van der Waals surface area contributed by atoms with E-state index in [9.17, 15) is 0 Å². The maximum Gasteiger partial charge on any atom is 0.130 e. The van der Waals surface area contributed by atoms with Crippen molar-refractivity contribution in [2.24, 2.45) is 0 Å². The molecule has 2 nitrogen and oxygen atoms in total. The van der Waals surface area contributed by atoms with Gasteiger partial charge in [0.25, 0.3) is 0 Å². The Morgan fingerprint density at radius 2 is 0.762 bits per heavy atom. The lowest BCUT2D eigenvalue weighted by molar-refractivity contribution is 0.518. The van der Waals surface area contributed by atoms with E-state index in [4.69, 9.17) is 8.83 Å². The highest BCUT2D eigenvalue weighted by Crippen LogP contribution is 2.52. The molecule has 2 aliphatic rings. The van der Waals surface area contributed by atoms with Crippen LogP contribution in [-0.2, 0) is 21.7 Å². The van der Waals surface area contributed by atoms with Crippen LogP contribution >= 0.6 is 0 Å². The SMILES string of the molecule is Cc1ccc(C2=Cc3c(ccc(C)c3-c3cc(C(C)(C)C)cc(C(C)(C)C)c3)C2C[Si]CC2C(c3ccc(C)o3)=Cc3c2ccc(C)c3-c2cc(C(C)(C)C)cc(C(C)(C)C)c2)o1. The minimum Gasteiger partial charge on any atom is -0.462 e. The number of fused-ring (bicyclic) bond motifs is 2. The Bertz CT molecular complexity index is 2530. The molecule has 2 aromatic heterocycles. The third kappa shape index (κ3) is 8.72. The van der Waals surface area contributed by atoms with Crippen LogP contribution in [-0.4, -0.2) is 9.52 Å². The molecule has 0 N–H and O–H groups in total. The molecule has 63 heavy (non-hydrogen) atoms. The van der Waals surface area contributed by atoms with Crippen LogP contribution in [0.1, 0.15) is 174 Å². The molecule has 326 valence electrons. The predicted molar refractivity (Wildman–Crippen MR) is 272 cm³/mol. The van der Waals surface area contributed by atoms with Gasteiger partial charge in [-0.2, -0.15) is 0 Å². The van der Waals surface area contributed by atoms with Crippen LogP contribution in [0.3, 0.4) is 0 Å². The summed E-state index contributed by atoms with van der Waals surface area (Å²) >= 11 is 0. The van der Waals surface area contributed by atoms with E-state index in [-0.39, 0.29) is 33.5 Å². The molecule has 6 aromatic rings. The molecular formula is C60H70O2Si. The monoisotopic (exact) mass is 851 g/mol. The van der Waals surface area contributed by atoms with Gasteiger partial charge in [-0.25, -0.2) is 0 Å². The summed E-state index contributed by atoms with van der Waals surface area (Å²) in [6.07, 6.45) is 4.94. The van der Waals surface area contributed by atoms with Crippen molar-refractivity contribution in [1.82, 2.24) is 0 Å². The number of allylic oxidation sites excluding steroid dienone is 2. The van der Waals surface area contributed by atoms with E-state index in [0.717, 1.165) is 44.6 Å². The highest BCUT2D eigenvalue weighted by atomic mass is 28.2. The second-order valence-electron chi connectivity index (χ2n) is 22.9. The van der Waals surface area contributed by atoms with Crippen LogP contribution in [0, 0.1) is 27.7 Å². The van der Waals surface area contributed by atoms with E-state index in [0.29, 0.717) is 0 Å². The van der Waals surface area contributed by atoms with Crippen LogP contribution < -0.4 is 0 Å². The number of benzene rings is 4. The molecule has 2 aliphatic carbocycles. The Labute approximate surface area is 382 Å². The predicted octanol–water partition coefficient (Wildman–Crippen LogP) is 17.1. The normalized spacial score (nSPS) is 16.6. The van der Waals surface area contributed by atoms with Crippen LogP contribution in [0.25, 0.3) is 45.6 Å². The molecule has 2 radical (unpaired) electrons. The van der Waals surface area contributed by atoms with Crippen molar-refractivity contribution < 1.29 is 8.83 Å². The van der Waals surface area contributed by atoms with Crippen LogP contribution in [0.4, 0.5) is 0 Å². The van der Waals surface area contributed by atoms with Crippen LogP contribution in [0.2, 0.25) is 12.1 Å². The van der Waals surface area contributed by atoms with E-state index < -0.39 is 0 Å². The molecule has 2 heterocycles. The molecule has 0 amide bonds. The number of aryl methyl sites for hydroxylation is 4. The standard InChI is InChI=1S/C60H70O2Si/c1-35-17-21-45-49(55(35)39-25-41(57(5,6)7)29-42(26-39)58(8,9)10)31-47(53-23-19-37(3)61-53)51(45)33-63-34-52-46-22-18-36(2)56(50(46)32-48(52)54-24-20-38(4)62-54)40-27-43(59(11,12)13)30-44(28-40)60(14,15)16/h17-32,51-52H,33-34H2,1-16H3. The molecule has 3 heteroatoms. The summed E-state index contributed by atoms with van der Waals surface area (Å²) in [5, 5.41) is 0. The van der Waals surface area contributed by atoms with Crippen molar-refractivity contribution in [3.8, 4) is 22.3 Å². The van der Waals surface area contributed by atoms with Crippen molar-refractivity contribution in [3.63, 3.8) is 0 Å². The number of furan rings is 2. The van der Waals surface area contributed by atoms with Crippen molar-refractivity contribution in [1.29, 1.82) is 0 Å². The average Bonchev–Trinajstić information content (AvgIpc) is 3.98. The molecule has 0 bridgehead atoms. The van der Waals surface area contributed by atoms with Crippen molar-refractivity contribution in [2.75, 3.05) is 0 Å². The third-order valence-electron chi connectivity index (χ3n) is 13.7. The smallest absolute Gasteiger partial charge is 0.130 e. The summed E-state index contributed by atoms with van der Waals surface area (Å²) in [5.41, 5.74) is 21.8. The van der Waals surface area contributed by atoms with Gasteiger partial charge < -0.3 is 8.83 Å². The van der Waals surface area contributed by atoms with Gasteiger partial charge in [0.1, 0.15) is 23.0 Å². The highest BCUT2D eigenvalue weighted by Gasteiger charge is 2.35. The average molecular weight is 851 g/mol. The highest BCUT2D eigenvalue weighted by molar-refractivity contribution is 6.37. The lowest BCUT2D eigenvalue weighted by atomic mass is 9.78. The summed E-state index contributed by atoms with van der Waals surface area (Å²) < 4.78 is 12.9. The molecule has 2 unspecified atom stereocenters. The first kappa shape index (κ1) is 44.7. The van der Waals surface area contributed by atoms with Gasteiger partial charge in [0, 0.05) is 32.5 Å². The van der Waals surface area contributed by atoms with E-state index in [1.165, 1.54) is 89.0 Å². The van der Waals surface area contributed by atoms with Crippen LogP contribution in [0.5, 0.6) is 0 Å². The molecular weight excluding hydrogens is 781 g/mol. The fourth-order valence-electron chi connectivity index (χ4n) is 9.77. The topological polar surface area (TPSA) is 26.3 Å². The molecule has 0 saturated carbocycles. The van der Waals surface area contributed by atoms with E-state index in [1.807, 2.05) is 0 Å². The third-order valence-corrected chi connectivity index (χ3v) is 15.1. The molecule has 4 aromatic carbocycles. The van der Waals surface area contributed by atoms with Crippen molar-refractivity contribution in [3.05, 3.63) is 164 Å². The summed E-state index contributed by atoms with van der Waals surface area (Å²) in [6.45, 7) is 36.7. The van der Waals surface area contributed by atoms with Gasteiger partial charge in [-0.05, 0) is 176 Å². The van der Waals surface area contributed by atoms with Gasteiger partial charge in [-0.1, -0.05) is 144 Å². The quantitative estimate of drug-likeness (QED) is 0.143. The van der Waals surface area contributed by atoms with Gasteiger partial charge in [-0.3, -0.25) is 0 Å². The zero-order valence-electron chi connectivity index (χ0n) is 41.1. The number of rotatable bonds is 8. The molecule has 8 rings (SSSR count). The summed E-state index contributed by atoms with van der Waals surface area (Å²) in [6, 6.07) is 35.0.